The summed E-state index contributed by atoms with van der Waals surface area (Å²) in [6, 6.07) is 13.6. The van der Waals surface area contributed by atoms with Gasteiger partial charge in [0.2, 0.25) is 0 Å². The molecule has 0 unspecified atom stereocenters. The second-order valence-corrected chi connectivity index (χ2v) is 6.87. The molecule has 0 heterocycles. The van der Waals surface area contributed by atoms with E-state index in [-0.39, 0.29) is 12.5 Å². The van der Waals surface area contributed by atoms with Gasteiger partial charge >= 0.3 is 5.97 Å². The van der Waals surface area contributed by atoms with Gasteiger partial charge in [0, 0.05) is 18.5 Å². The van der Waals surface area contributed by atoms with Gasteiger partial charge in [0.25, 0.3) is 5.91 Å². The minimum atomic E-state index is -0.469. The van der Waals surface area contributed by atoms with Gasteiger partial charge in [-0.15, -0.1) is 11.8 Å². The maximum absolute atomic E-state index is 12.2. The molecule has 0 bridgehead atoms. The lowest BCUT2D eigenvalue weighted by Crippen LogP contribution is -2.30. The summed E-state index contributed by atoms with van der Waals surface area (Å²) in [4.78, 5) is 27.1. The number of likely N-dealkylation sites (N-methyl/N-ethyl adjacent to an activating group) is 1. The molecule has 0 saturated carbocycles. The fourth-order valence-electron chi connectivity index (χ4n) is 2.45. The molecule has 2 rings (SSSR count). The van der Waals surface area contributed by atoms with Crippen molar-refractivity contribution in [2.75, 3.05) is 19.9 Å². The lowest BCUT2D eigenvalue weighted by molar-refractivity contribution is -0.133. The molecule has 0 atom stereocenters. The van der Waals surface area contributed by atoms with Crippen LogP contribution in [0.3, 0.4) is 0 Å². The van der Waals surface area contributed by atoms with E-state index in [1.807, 2.05) is 56.5 Å². The largest absolute Gasteiger partial charge is 0.452 e. The Balaban J connectivity index is 1.88. The molecule has 4 nitrogen and oxygen atoms in total. The van der Waals surface area contributed by atoms with Crippen LogP contribution < -0.4 is 0 Å². The number of hydrogen-bond donors (Lipinski definition) is 0. The van der Waals surface area contributed by atoms with Gasteiger partial charge in [0.1, 0.15) is 0 Å². The molecule has 2 aromatic rings. The first-order valence-corrected chi connectivity index (χ1v) is 9.24. The van der Waals surface area contributed by atoms with Crippen LogP contribution in [0.25, 0.3) is 0 Å². The van der Waals surface area contributed by atoms with E-state index in [1.54, 1.807) is 29.8 Å². The Morgan fingerprint density at radius 2 is 1.76 bits per heavy atom. The predicted molar refractivity (Wildman–Crippen MR) is 101 cm³/mol. The summed E-state index contributed by atoms with van der Waals surface area (Å²) >= 11 is 1.68. The minimum absolute atomic E-state index is 0.230. The third-order valence-electron chi connectivity index (χ3n) is 3.93. The lowest BCUT2D eigenvalue weighted by atomic mass is 10.1. The summed E-state index contributed by atoms with van der Waals surface area (Å²) in [6.45, 7) is 4.04. The Labute approximate surface area is 153 Å². The average Bonchev–Trinajstić information content (AvgIpc) is 2.60. The molecule has 0 aliphatic rings. The second-order valence-electron chi connectivity index (χ2n) is 5.99. The van der Waals surface area contributed by atoms with E-state index in [4.69, 9.17) is 4.74 Å². The zero-order chi connectivity index (χ0) is 18.4. The predicted octanol–water partition coefficient (Wildman–Crippen LogP) is 3.84. The highest BCUT2D eigenvalue weighted by Gasteiger charge is 2.15. The van der Waals surface area contributed by atoms with E-state index in [0.29, 0.717) is 12.1 Å². The molecule has 0 aliphatic carbocycles. The van der Waals surface area contributed by atoms with Gasteiger partial charge in [-0.3, -0.25) is 4.79 Å². The number of carbonyl (C=O) groups is 2. The Morgan fingerprint density at radius 1 is 1.08 bits per heavy atom. The molecule has 132 valence electrons. The van der Waals surface area contributed by atoms with Crippen LogP contribution in [-0.2, 0) is 16.1 Å². The molecule has 0 radical (unpaired) electrons. The van der Waals surface area contributed by atoms with Crippen molar-refractivity contribution in [1.29, 1.82) is 0 Å². The van der Waals surface area contributed by atoms with E-state index in [2.05, 4.69) is 0 Å². The number of esters is 1. The third kappa shape index (κ3) is 5.36. The van der Waals surface area contributed by atoms with Gasteiger partial charge in [-0.1, -0.05) is 29.8 Å². The topological polar surface area (TPSA) is 46.6 Å². The Kier molecular flexibility index (Phi) is 6.65. The minimum Gasteiger partial charge on any atom is -0.452 e. The molecule has 2 aromatic carbocycles. The van der Waals surface area contributed by atoms with Crippen LogP contribution in [0.5, 0.6) is 0 Å². The highest BCUT2D eigenvalue weighted by Crippen LogP contribution is 2.16. The summed E-state index contributed by atoms with van der Waals surface area (Å²) in [5.41, 5.74) is 3.46. The molecule has 0 aromatic heterocycles. The van der Waals surface area contributed by atoms with Crippen molar-refractivity contribution in [2.24, 2.45) is 0 Å². The van der Waals surface area contributed by atoms with Gasteiger partial charge < -0.3 is 9.64 Å². The maximum Gasteiger partial charge on any atom is 0.338 e. The van der Waals surface area contributed by atoms with E-state index >= 15 is 0 Å². The van der Waals surface area contributed by atoms with Crippen molar-refractivity contribution in [2.45, 2.75) is 25.3 Å². The van der Waals surface area contributed by atoms with Crippen LogP contribution in [0.2, 0.25) is 0 Å². The number of aryl methyl sites for hydroxylation is 2. The molecule has 1 amide bonds. The molecule has 0 aliphatic heterocycles. The van der Waals surface area contributed by atoms with E-state index in [9.17, 15) is 9.59 Å². The zero-order valence-electron chi connectivity index (χ0n) is 15.0. The van der Waals surface area contributed by atoms with Crippen molar-refractivity contribution in [3.63, 3.8) is 0 Å². The second kappa shape index (κ2) is 8.72. The summed E-state index contributed by atoms with van der Waals surface area (Å²) in [7, 11) is 1.70. The number of carbonyl (C=O) groups excluding carboxylic acids is 2. The average molecular weight is 357 g/mol. The van der Waals surface area contributed by atoms with Crippen LogP contribution in [0.15, 0.2) is 47.4 Å². The number of rotatable bonds is 6. The van der Waals surface area contributed by atoms with E-state index in [0.717, 1.165) is 16.7 Å². The monoisotopic (exact) mass is 357 g/mol. The van der Waals surface area contributed by atoms with Gasteiger partial charge in [0.15, 0.2) is 6.61 Å². The highest BCUT2D eigenvalue weighted by atomic mass is 32.2. The van der Waals surface area contributed by atoms with E-state index in [1.165, 1.54) is 4.90 Å². The number of thioether (sulfide) groups is 1. The number of benzene rings is 2. The molecular weight excluding hydrogens is 334 g/mol. The quantitative estimate of drug-likeness (QED) is 0.582. The molecule has 0 N–H and O–H groups in total. The first-order valence-electron chi connectivity index (χ1n) is 8.02. The molecular formula is C20H23NO3S. The van der Waals surface area contributed by atoms with Gasteiger partial charge in [0.05, 0.1) is 5.56 Å². The third-order valence-corrected chi connectivity index (χ3v) is 4.68. The van der Waals surface area contributed by atoms with Crippen molar-refractivity contribution in [3.8, 4) is 0 Å². The number of amides is 1. The fraction of sp³-hybridized carbons (Fsp3) is 0.300. The number of hydrogen-bond acceptors (Lipinski definition) is 4. The maximum atomic E-state index is 12.2. The van der Waals surface area contributed by atoms with Crippen molar-refractivity contribution >= 4 is 23.6 Å². The van der Waals surface area contributed by atoms with Crippen molar-refractivity contribution < 1.29 is 14.3 Å². The fourth-order valence-corrected chi connectivity index (χ4v) is 2.86. The first kappa shape index (κ1) is 19.1. The molecule has 5 heteroatoms. The van der Waals surface area contributed by atoms with Crippen LogP contribution in [-0.4, -0.2) is 36.7 Å². The van der Waals surface area contributed by atoms with E-state index < -0.39 is 5.97 Å². The van der Waals surface area contributed by atoms with Gasteiger partial charge in [-0.25, -0.2) is 4.79 Å². The van der Waals surface area contributed by atoms with Crippen molar-refractivity contribution in [3.05, 3.63) is 64.7 Å². The summed E-state index contributed by atoms with van der Waals surface area (Å²) in [6.07, 6.45) is 2.02. The normalized spacial score (nSPS) is 10.4. The Morgan fingerprint density at radius 3 is 2.36 bits per heavy atom. The van der Waals surface area contributed by atoms with Crippen LogP contribution >= 0.6 is 11.8 Å². The molecule has 0 saturated heterocycles. The van der Waals surface area contributed by atoms with Crippen LogP contribution in [0.1, 0.15) is 27.0 Å². The first-order chi connectivity index (χ1) is 11.9. The van der Waals surface area contributed by atoms with Crippen molar-refractivity contribution in [1.82, 2.24) is 4.90 Å². The molecule has 0 fully saturated rings. The summed E-state index contributed by atoms with van der Waals surface area (Å²) in [5, 5.41) is 0. The van der Waals surface area contributed by atoms with Gasteiger partial charge in [-0.2, -0.15) is 0 Å². The number of nitrogens with zero attached hydrogens (tertiary/aromatic N) is 1. The lowest BCUT2D eigenvalue weighted by Gasteiger charge is -2.17. The zero-order valence-corrected chi connectivity index (χ0v) is 15.9. The van der Waals surface area contributed by atoms with Gasteiger partial charge in [-0.05, 0) is 49.4 Å². The highest BCUT2D eigenvalue weighted by molar-refractivity contribution is 7.98. The van der Waals surface area contributed by atoms with Crippen LogP contribution in [0.4, 0.5) is 0 Å². The standard InChI is InChI=1S/C20H23NO3S/c1-14-5-10-18(15(2)11-14)20(23)24-13-19(22)21(3)12-16-6-8-17(25-4)9-7-16/h5-11H,12-13H2,1-4H3. The molecule has 25 heavy (non-hydrogen) atoms. The summed E-state index contributed by atoms with van der Waals surface area (Å²) in [5.74, 6) is -0.698. The number of ether oxygens (including phenoxy) is 1. The Bertz CT molecular complexity index is 756. The smallest absolute Gasteiger partial charge is 0.338 e. The Hall–Kier alpha value is -2.27. The SMILES string of the molecule is CSc1ccc(CN(C)C(=O)COC(=O)c2ccc(C)cc2C)cc1. The van der Waals surface area contributed by atoms with Crippen LogP contribution in [0, 0.1) is 13.8 Å². The molecule has 0 spiro atoms. The summed E-state index contributed by atoms with van der Waals surface area (Å²) < 4.78 is 5.17.